The van der Waals surface area contributed by atoms with Crippen LogP contribution in [0, 0.1) is 5.16 Å². The number of nitrogens with one attached hydrogen (secondary N) is 1. The predicted octanol–water partition coefficient (Wildman–Crippen LogP) is 1.34. The largest absolute Gasteiger partial charge is 1.00 e. The van der Waals surface area contributed by atoms with E-state index in [0.717, 1.165) is 19.6 Å². The highest BCUT2D eigenvalue weighted by Gasteiger charge is 2.05. The van der Waals surface area contributed by atoms with Crippen molar-refractivity contribution >= 4 is 29.6 Å². The Morgan fingerprint density at radius 2 is 1.44 bits per heavy atom. The molecule has 0 heterocycles. The summed E-state index contributed by atoms with van der Waals surface area (Å²) in [7, 11) is 6.75. The van der Waals surface area contributed by atoms with Gasteiger partial charge in [-0.15, -0.1) is 5.75 Å². The fourth-order valence-corrected chi connectivity index (χ4v) is 1.81. The maximum absolute atomic E-state index is 11.2. The Bertz CT molecular complexity index is 778. The Balaban J connectivity index is -0.0000000786. The van der Waals surface area contributed by atoms with Crippen LogP contribution in [0.4, 0.5) is 4.79 Å². The summed E-state index contributed by atoms with van der Waals surface area (Å²) in [6.45, 7) is 7.98. The maximum atomic E-state index is 11.2. The summed E-state index contributed by atoms with van der Waals surface area (Å²) in [5.41, 5.74) is 0. The highest BCUT2D eigenvalue weighted by molar-refractivity contribution is 7.96. The van der Waals surface area contributed by atoms with E-state index in [1.807, 2.05) is 33.2 Å². The molecule has 39 heavy (non-hydrogen) atoms. The summed E-state index contributed by atoms with van der Waals surface area (Å²) >= 11 is 0. The van der Waals surface area contributed by atoms with Crippen molar-refractivity contribution in [2.45, 2.75) is 13.8 Å². The second-order valence-corrected chi connectivity index (χ2v) is 7.70. The van der Waals surface area contributed by atoms with Crippen LogP contribution in [0.25, 0.3) is 0 Å². The second kappa shape index (κ2) is 37.4. The van der Waals surface area contributed by atoms with E-state index in [1.165, 1.54) is 12.1 Å². The average molecular weight is 598 g/mol. The molecular weight excluding hydrogens is 552 g/mol. The zero-order valence-corrected chi connectivity index (χ0v) is 24.9. The Hall–Kier alpha value is -2.73. The lowest BCUT2D eigenvalue weighted by atomic mass is 10.3. The molecule has 15 heteroatoms. The normalized spacial score (nSPS) is 8.64. The molecular formula is C24H45N3O10P2. The highest BCUT2D eigenvalue weighted by Crippen LogP contribution is 2.08. The molecule has 2 aromatic carbocycles. The number of nitrogens with zero attached hydrogens (tertiary/aromatic N) is 2. The van der Waals surface area contributed by atoms with E-state index in [2.05, 4.69) is 30.5 Å². The predicted molar refractivity (Wildman–Crippen MR) is 154 cm³/mol. The number of likely N-dealkylation sites (N-methyl/N-ethyl adjacent to an activating group) is 2. The number of ether oxygens (including phenoxy) is 2. The quantitative estimate of drug-likeness (QED) is 0.105. The van der Waals surface area contributed by atoms with Gasteiger partial charge in [0.1, 0.15) is 12.4 Å². The standard InChI is InChI=1S/C12H17NO3.C6H6O.C5H13NO.CH2O3.H3NP2.2H2O/c1-3-13(2)9-10-15-12(14)16-11-7-5-4-6-8-11;7-6-4-2-1-3-5-6;1-3-6(2)4-5-7;2-1-4-3;1-3-2;;/h4-8H,3,9-10H2,1-2H3;1-5,7H;7H,3-5H2,1-2H3;1,3H;1H,2H2;2*1H2. The van der Waals surface area contributed by atoms with Gasteiger partial charge in [-0.1, -0.05) is 71.3 Å². The van der Waals surface area contributed by atoms with Crippen LogP contribution >= 0.6 is 17.0 Å². The molecule has 0 saturated heterocycles. The van der Waals surface area contributed by atoms with Gasteiger partial charge in [-0.2, -0.15) is 0 Å². The molecule has 0 saturated carbocycles. The van der Waals surface area contributed by atoms with Crippen molar-refractivity contribution in [2.75, 3.05) is 53.5 Å². The van der Waals surface area contributed by atoms with Crippen LogP contribution in [0.1, 0.15) is 16.7 Å². The zero-order chi connectivity index (χ0) is 28.7. The van der Waals surface area contributed by atoms with Gasteiger partial charge in [-0.05, 0) is 39.3 Å². The molecule has 0 aliphatic rings. The Morgan fingerprint density at radius 3 is 1.74 bits per heavy atom. The minimum Gasteiger partial charge on any atom is -0.872 e. The number of para-hydroxylation sites is 2. The van der Waals surface area contributed by atoms with Crippen molar-refractivity contribution in [3.8, 4) is 11.5 Å². The summed E-state index contributed by atoms with van der Waals surface area (Å²) in [5.74, 6) is 0.568. The van der Waals surface area contributed by atoms with Crippen molar-refractivity contribution in [1.82, 2.24) is 9.80 Å². The third-order valence-electron chi connectivity index (χ3n) is 3.98. The van der Waals surface area contributed by atoms with E-state index < -0.39 is 6.16 Å². The molecule has 1 atom stereocenters. The smallest absolute Gasteiger partial charge is 0.872 e. The molecule has 0 bridgehead atoms. The maximum Gasteiger partial charge on any atom is 1.00 e. The second-order valence-electron chi connectivity index (χ2n) is 6.66. The van der Waals surface area contributed by atoms with Gasteiger partial charge in [-0.25, -0.2) is 4.79 Å². The molecule has 1 unspecified atom stereocenters. The van der Waals surface area contributed by atoms with E-state index >= 15 is 0 Å². The van der Waals surface area contributed by atoms with Crippen LogP contribution in [0.15, 0.2) is 60.7 Å². The van der Waals surface area contributed by atoms with Crippen LogP contribution in [0.5, 0.6) is 11.5 Å². The number of hydrogen-bond acceptors (Lipinski definition) is 11. The molecule has 0 amide bonds. The van der Waals surface area contributed by atoms with Crippen molar-refractivity contribution in [3.05, 3.63) is 60.7 Å². The van der Waals surface area contributed by atoms with Gasteiger partial charge >= 0.3 is 9.01 Å². The first-order chi connectivity index (χ1) is 17.7. The van der Waals surface area contributed by atoms with E-state index in [9.17, 15) is 9.90 Å². The number of carbonyl (C=O) groups is 2. The summed E-state index contributed by atoms with van der Waals surface area (Å²) in [6, 6.07) is 17.2. The fraction of sp³-hybridized carbons (Fsp3) is 0.417. The Kier molecular flexibility index (Phi) is 44.3. The Morgan fingerprint density at radius 1 is 1.03 bits per heavy atom. The number of benzene rings is 2. The van der Waals surface area contributed by atoms with Crippen molar-refractivity contribution < 1.29 is 53.2 Å². The summed E-state index contributed by atoms with van der Waals surface area (Å²) in [4.78, 5) is 26.6. The first kappa shape index (κ1) is 46.1. The molecule has 0 spiro atoms. The lowest BCUT2D eigenvalue weighted by Gasteiger charge is -2.13. The molecule has 2 rings (SSSR count). The van der Waals surface area contributed by atoms with Gasteiger partial charge in [0, 0.05) is 21.2 Å². The molecule has 0 radical (unpaired) electrons. The lowest BCUT2D eigenvalue weighted by molar-refractivity contribution is -0.652. The third kappa shape index (κ3) is 39.9. The van der Waals surface area contributed by atoms with Crippen LogP contribution in [-0.2, 0) is 14.4 Å². The zero-order valence-electron chi connectivity index (χ0n) is 24.8. The molecule has 0 fully saturated rings. The molecule has 2 aromatic rings. The van der Waals surface area contributed by atoms with Crippen LogP contribution in [-0.4, -0.2) is 92.0 Å². The first-order valence-electron chi connectivity index (χ1n) is 11.1. The SMILES string of the molecule is CCN(C)CCO.CCN(C)CCOC(=O)Oc1ccccc1.N=PP.O.O.O=CO[O-].[H+].[H+].[O-]c1ccccc1. The number of carbonyl (C=O) groups excluding carboxylic acids is 2. The molecule has 0 aliphatic carbocycles. The van der Waals surface area contributed by atoms with Crippen molar-refractivity contribution in [2.24, 2.45) is 0 Å². The topological polar surface area (TPSA) is 222 Å². The number of rotatable bonds is 9. The van der Waals surface area contributed by atoms with Crippen molar-refractivity contribution in [1.29, 1.82) is 5.16 Å². The van der Waals surface area contributed by atoms with Gasteiger partial charge in [-0.3, -0.25) is 9.96 Å². The van der Waals surface area contributed by atoms with Gasteiger partial charge in [0.05, 0.1) is 6.61 Å². The molecule has 0 aliphatic heterocycles. The average Bonchev–Trinajstić information content (AvgIpc) is 2.91. The van der Waals surface area contributed by atoms with E-state index in [0.29, 0.717) is 27.0 Å². The van der Waals surface area contributed by atoms with Crippen LogP contribution in [0.2, 0.25) is 0 Å². The number of aliphatic hydroxyl groups excluding tert-OH is 1. The van der Waals surface area contributed by atoms with E-state index in [-0.39, 0.29) is 32.6 Å². The highest BCUT2D eigenvalue weighted by atomic mass is 32.0. The number of aliphatic hydroxyl groups is 1. The summed E-state index contributed by atoms with van der Waals surface area (Å²) in [5, 5.41) is 33.2. The number of hydrogen-bond donors (Lipinski definition) is 2. The molecule has 226 valence electrons. The van der Waals surface area contributed by atoms with Crippen LogP contribution < -0.4 is 15.1 Å². The lowest BCUT2D eigenvalue weighted by Crippen LogP contribution is -2.24. The third-order valence-corrected chi connectivity index (χ3v) is 3.98. The van der Waals surface area contributed by atoms with E-state index in [1.54, 1.807) is 36.4 Å². The van der Waals surface area contributed by atoms with Crippen LogP contribution in [0.3, 0.4) is 0 Å². The van der Waals surface area contributed by atoms with Gasteiger partial charge in [0.2, 0.25) is 0 Å². The first-order valence-corrected chi connectivity index (χ1v) is 13.7. The molecule has 6 N–H and O–H groups in total. The fourth-order valence-electron chi connectivity index (χ4n) is 1.81. The van der Waals surface area contributed by atoms with E-state index in [4.69, 9.17) is 29.8 Å². The van der Waals surface area contributed by atoms with Gasteiger partial charge in [0.25, 0.3) is 6.47 Å². The molecule has 0 aromatic heterocycles. The minimum atomic E-state index is -0.657. The summed E-state index contributed by atoms with van der Waals surface area (Å²) < 4.78 is 9.87. The van der Waals surface area contributed by atoms with Gasteiger partial charge in [0.15, 0.2) is 0 Å². The molecule has 13 nitrogen and oxygen atoms in total. The minimum absolute atomic E-state index is 0. The monoisotopic (exact) mass is 597 g/mol. The Labute approximate surface area is 237 Å². The summed E-state index contributed by atoms with van der Waals surface area (Å²) in [6.07, 6.45) is -0.657. The van der Waals surface area contributed by atoms with Gasteiger partial charge < -0.3 is 50.6 Å². The van der Waals surface area contributed by atoms with Crippen molar-refractivity contribution in [3.63, 3.8) is 0 Å².